The number of imidazole rings is 1. The highest BCUT2D eigenvalue weighted by Gasteiger charge is 2.91. The highest BCUT2D eigenvalue weighted by Crippen LogP contribution is 2.62. The fourth-order valence-corrected chi connectivity index (χ4v) is 4.06. The van der Waals surface area contributed by atoms with Gasteiger partial charge < -0.3 is 0 Å². The lowest BCUT2D eigenvalue weighted by Crippen LogP contribution is -2.71. The second kappa shape index (κ2) is 10.2. The maximum Gasteiger partial charge on any atom is 0.460 e. The Hall–Kier alpha value is -3.30. The van der Waals surface area contributed by atoms with Crippen molar-refractivity contribution >= 4 is 17.4 Å². The SMILES string of the molecule is Cc1ccccc1-n1ccnc1C(=O)[C@@H](c1ccccc1Cl)C(F)(F)C(F)(F)C(F)(F)C(F)(F)C(F)(F)C(F)(F)F. The van der Waals surface area contributed by atoms with Crippen LogP contribution in [0.5, 0.6) is 0 Å². The van der Waals surface area contributed by atoms with E-state index in [-0.39, 0.29) is 5.69 Å². The summed E-state index contributed by atoms with van der Waals surface area (Å²) in [6, 6.07) is 8.57. The summed E-state index contributed by atoms with van der Waals surface area (Å²) in [4.78, 5) is 16.8. The van der Waals surface area contributed by atoms with Crippen LogP contribution in [0.25, 0.3) is 5.69 Å². The third-order valence-corrected chi connectivity index (χ3v) is 6.38. The summed E-state index contributed by atoms with van der Waals surface area (Å²) in [7, 11) is 0. The van der Waals surface area contributed by atoms with Crippen molar-refractivity contribution < 1.29 is 61.9 Å². The van der Waals surface area contributed by atoms with Crippen LogP contribution in [0.4, 0.5) is 57.1 Å². The number of alkyl halides is 13. The van der Waals surface area contributed by atoms with Crippen LogP contribution in [0, 0.1) is 6.92 Å². The highest BCUT2D eigenvalue weighted by atomic mass is 35.5. The Morgan fingerprint density at radius 2 is 1.27 bits per heavy atom. The zero-order valence-corrected chi connectivity index (χ0v) is 20.7. The van der Waals surface area contributed by atoms with Gasteiger partial charge in [0.25, 0.3) is 0 Å². The summed E-state index contributed by atoms with van der Waals surface area (Å²) in [5.41, 5.74) is -1.00. The number of nitrogens with zero attached hydrogens (tertiary/aromatic N) is 2. The van der Waals surface area contributed by atoms with Gasteiger partial charge in [-0.1, -0.05) is 48.0 Å². The minimum absolute atomic E-state index is 0.0306. The Balaban J connectivity index is 2.28. The molecule has 0 saturated heterocycles. The molecule has 0 radical (unpaired) electrons. The van der Waals surface area contributed by atoms with E-state index in [0.29, 0.717) is 17.7 Å². The number of Topliss-reactive ketones (excluding diaryl/α,β-unsaturated/α-hetero) is 1. The maximum absolute atomic E-state index is 15.5. The van der Waals surface area contributed by atoms with Crippen molar-refractivity contribution in [2.75, 3.05) is 0 Å². The van der Waals surface area contributed by atoms with Crippen LogP contribution in [-0.4, -0.2) is 51.1 Å². The van der Waals surface area contributed by atoms with Crippen LogP contribution in [0.3, 0.4) is 0 Å². The van der Waals surface area contributed by atoms with Crippen LogP contribution in [0.15, 0.2) is 60.9 Å². The van der Waals surface area contributed by atoms with Crippen LogP contribution in [0.2, 0.25) is 5.02 Å². The maximum atomic E-state index is 15.5. The lowest BCUT2D eigenvalue weighted by Gasteiger charge is -2.41. The number of para-hydroxylation sites is 1. The van der Waals surface area contributed by atoms with Gasteiger partial charge in [0.1, 0.15) is 5.92 Å². The molecule has 0 aliphatic carbocycles. The monoisotopic (exact) mass is 628 g/mol. The van der Waals surface area contributed by atoms with Crippen LogP contribution in [-0.2, 0) is 0 Å². The number of carbonyl (C=O) groups excluding carboxylic acids is 1. The number of ketones is 1. The Bertz CT molecular complexity index is 1430. The molecule has 0 aliphatic heterocycles. The molecule has 0 fully saturated rings. The van der Waals surface area contributed by atoms with Crippen LogP contribution in [0.1, 0.15) is 27.7 Å². The van der Waals surface area contributed by atoms with Crippen LogP contribution < -0.4 is 0 Å². The predicted octanol–water partition coefficient (Wildman–Crippen LogP) is 8.54. The Kier molecular flexibility index (Phi) is 8.02. The van der Waals surface area contributed by atoms with E-state index in [0.717, 1.165) is 29.1 Å². The molecule has 1 heterocycles. The molecular weight excluding hydrogens is 615 g/mol. The van der Waals surface area contributed by atoms with E-state index in [1.807, 2.05) is 0 Å². The number of carbonyl (C=O) groups is 1. The summed E-state index contributed by atoms with van der Waals surface area (Å²) >= 11 is 5.74. The first-order chi connectivity index (χ1) is 18.6. The summed E-state index contributed by atoms with van der Waals surface area (Å²) < 4.78 is 182. The number of benzene rings is 2. The average molecular weight is 629 g/mol. The average Bonchev–Trinajstić information content (AvgIpc) is 3.34. The first kappa shape index (κ1) is 32.2. The smallest absolute Gasteiger partial charge is 0.297 e. The standard InChI is InChI=1S/C24H14ClF13N2O/c1-12-6-2-5-9-15(12)40-11-10-39-18(40)17(41)16(13-7-3-4-8-14(13)25)19(26,27)20(28,29)21(30,31)22(32,33)23(34,35)24(36,37)38/h2-11,16H,1H3/t16-/m1/s1. The highest BCUT2D eigenvalue weighted by molar-refractivity contribution is 6.31. The van der Waals surface area contributed by atoms with Gasteiger partial charge in [0, 0.05) is 17.4 Å². The molecule has 3 rings (SSSR count). The molecule has 3 nitrogen and oxygen atoms in total. The van der Waals surface area contributed by atoms with Crippen molar-refractivity contribution in [3.63, 3.8) is 0 Å². The fraction of sp³-hybridized carbons (Fsp3) is 0.333. The normalized spacial score (nSPS) is 14.7. The van der Waals surface area contributed by atoms with Gasteiger partial charge in [-0.2, -0.15) is 57.1 Å². The Morgan fingerprint density at radius 1 is 0.756 bits per heavy atom. The summed E-state index contributed by atoms with van der Waals surface area (Å²) in [5, 5.41) is -0.967. The molecule has 224 valence electrons. The molecule has 2 aromatic carbocycles. The van der Waals surface area contributed by atoms with Gasteiger partial charge in [-0.15, -0.1) is 0 Å². The van der Waals surface area contributed by atoms with E-state index in [9.17, 15) is 53.1 Å². The van der Waals surface area contributed by atoms with E-state index in [1.54, 1.807) is 0 Å². The van der Waals surface area contributed by atoms with Crippen molar-refractivity contribution in [3.05, 3.63) is 82.9 Å². The van der Waals surface area contributed by atoms with Gasteiger partial charge >= 0.3 is 35.8 Å². The molecule has 0 N–H and O–H groups in total. The summed E-state index contributed by atoms with van der Waals surface area (Å²) in [6.45, 7) is 1.45. The van der Waals surface area contributed by atoms with E-state index >= 15 is 8.78 Å². The van der Waals surface area contributed by atoms with Crippen molar-refractivity contribution in [1.82, 2.24) is 9.55 Å². The second-order valence-corrected chi connectivity index (χ2v) is 9.05. The number of aromatic nitrogens is 2. The minimum Gasteiger partial charge on any atom is -0.297 e. The third kappa shape index (κ3) is 4.83. The molecule has 0 amide bonds. The van der Waals surface area contributed by atoms with Gasteiger partial charge in [-0.3, -0.25) is 9.36 Å². The first-order valence-electron chi connectivity index (χ1n) is 10.9. The molecule has 3 aromatic rings. The van der Waals surface area contributed by atoms with E-state index in [4.69, 9.17) is 11.6 Å². The zero-order valence-electron chi connectivity index (χ0n) is 19.9. The molecule has 0 bridgehead atoms. The number of hydrogen-bond acceptors (Lipinski definition) is 2. The quantitative estimate of drug-likeness (QED) is 0.176. The van der Waals surface area contributed by atoms with E-state index in [2.05, 4.69) is 4.98 Å². The van der Waals surface area contributed by atoms with Crippen molar-refractivity contribution in [2.45, 2.75) is 48.6 Å². The third-order valence-electron chi connectivity index (χ3n) is 6.03. The number of rotatable bonds is 9. The Morgan fingerprint density at radius 3 is 1.80 bits per heavy atom. The summed E-state index contributed by atoms with van der Waals surface area (Å²) in [6.07, 6.45) is -5.81. The molecule has 17 heteroatoms. The van der Waals surface area contributed by atoms with Crippen molar-refractivity contribution in [3.8, 4) is 5.69 Å². The molecule has 0 unspecified atom stereocenters. The topological polar surface area (TPSA) is 34.9 Å². The summed E-state index contributed by atoms with van der Waals surface area (Å²) in [5.74, 6) is -46.0. The van der Waals surface area contributed by atoms with Gasteiger partial charge in [0.2, 0.25) is 5.78 Å². The second-order valence-electron chi connectivity index (χ2n) is 8.64. The fourth-order valence-electron chi connectivity index (χ4n) is 3.82. The minimum atomic E-state index is -8.13. The lowest BCUT2D eigenvalue weighted by molar-refractivity contribution is -0.440. The molecule has 41 heavy (non-hydrogen) atoms. The predicted molar refractivity (Wildman–Crippen MR) is 118 cm³/mol. The molecule has 1 aromatic heterocycles. The number of aryl methyl sites for hydroxylation is 1. The zero-order chi connectivity index (χ0) is 31.4. The largest absolute Gasteiger partial charge is 0.460 e. The van der Waals surface area contributed by atoms with Gasteiger partial charge in [0.15, 0.2) is 5.82 Å². The lowest BCUT2D eigenvalue weighted by atomic mass is 9.81. The van der Waals surface area contributed by atoms with E-state index < -0.39 is 63.9 Å². The first-order valence-corrected chi connectivity index (χ1v) is 11.3. The number of hydrogen-bond donors (Lipinski definition) is 0. The van der Waals surface area contributed by atoms with Crippen molar-refractivity contribution in [2.24, 2.45) is 0 Å². The number of halogens is 14. The van der Waals surface area contributed by atoms with Gasteiger partial charge in [-0.05, 0) is 30.2 Å². The van der Waals surface area contributed by atoms with Gasteiger partial charge in [-0.25, -0.2) is 4.98 Å². The molecule has 1 atom stereocenters. The van der Waals surface area contributed by atoms with E-state index in [1.165, 1.54) is 31.2 Å². The van der Waals surface area contributed by atoms with Gasteiger partial charge in [0.05, 0.1) is 5.69 Å². The Labute approximate surface area is 226 Å². The van der Waals surface area contributed by atoms with Crippen LogP contribution >= 0.6 is 11.6 Å². The molecule has 0 aliphatic rings. The molecule has 0 spiro atoms. The molecule has 0 saturated carbocycles. The van der Waals surface area contributed by atoms with Crippen molar-refractivity contribution in [1.29, 1.82) is 0 Å². The molecular formula is C24H14ClF13N2O.